The first-order chi connectivity index (χ1) is 9.06. The third kappa shape index (κ3) is 3.73. The molecule has 0 unspecified atom stereocenters. The van der Waals surface area contributed by atoms with Gasteiger partial charge in [-0.05, 0) is 22.9 Å². The number of piperazine rings is 1. The monoisotopic (exact) mass is 326 g/mol. The van der Waals surface area contributed by atoms with Gasteiger partial charge in [0.2, 0.25) is 11.9 Å². The van der Waals surface area contributed by atoms with E-state index in [4.69, 9.17) is 0 Å². The molecule has 0 aromatic carbocycles. The van der Waals surface area contributed by atoms with Crippen LogP contribution < -0.4 is 4.90 Å². The molecule has 102 valence electrons. The Balaban J connectivity index is 1.90. The van der Waals surface area contributed by atoms with Crippen molar-refractivity contribution < 1.29 is 9.59 Å². The zero-order valence-corrected chi connectivity index (χ0v) is 12.3. The van der Waals surface area contributed by atoms with Crippen LogP contribution in [-0.4, -0.2) is 52.7 Å². The number of nitrogens with zero attached hydrogens (tertiary/aromatic N) is 4. The van der Waals surface area contributed by atoms with Crippen LogP contribution in [0, 0.1) is 0 Å². The molecule has 0 bridgehead atoms. The van der Waals surface area contributed by atoms with E-state index in [0.29, 0.717) is 32.1 Å². The summed E-state index contributed by atoms with van der Waals surface area (Å²) in [6, 6.07) is 0. The van der Waals surface area contributed by atoms with Gasteiger partial charge < -0.3 is 9.80 Å². The summed E-state index contributed by atoms with van der Waals surface area (Å²) in [5.74, 6) is 0.481. The first-order valence-corrected chi connectivity index (χ1v) is 6.85. The molecule has 0 aliphatic carbocycles. The maximum atomic E-state index is 11.7. The van der Waals surface area contributed by atoms with Gasteiger partial charge in [-0.15, -0.1) is 0 Å². The van der Waals surface area contributed by atoms with Crippen molar-refractivity contribution in [3.05, 3.63) is 16.9 Å². The molecular weight excluding hydrogens is 312 g/mol. The number of Topliss-reactive ketones (excluding diaryl/α,β-unsaturated/α-hetero) is 1. The van der Waals surface area contributed by atoms with Crippen LogP contribution >= 0.6 is 15.9 Å². The van der Waals surface area contributed by atoms with E-state index in [1.165, 1.54) is 6.92 Å². The van der Waals surface area contributed by atoms with Gasteiger partial charge in [-0.1, -0.05) is 0 Å². The molecule has 1 saturated heterocycles. The number of aromatic nitrogens is 2. The van der Waals surface area contributed by atoms with Crippen molar-refractivity contribution in [2.24, 2.45) is 0 Å². The van der Waals surface area contributed by atoms with Crippen molar-refractivity contribution in [2.75, 3.05) is 31.1 Å². The molecule has 1 aromatic heterocycles. The number of ketones is 1. The number of halogens is 1. The number of carbonyl (C=O) groups excluding carboxylic acids is 2. The van der Waals surface area contributed by atoms with Crippen LogP contribution in [-0.2, 0) is 9.59 Å². The summed E-state index contributed by atoms with van der Waals surface area (Å²) in [6.45, 7) is 4.01. The summed E-state index contributed by atoms with van der Waals surface area (Å²) in [5, 5.41) is 0. The summed E-state index contributed by atoms with van der Waals surface area (Å²) >= 11 is 3.29. The lowest BCUT2D eigenvalue weighted by Gasteiger charge is -2.34. The van der Waals surface area contributed by atoms with Gasteiger partial charge in [0.15, 0.2) is 0 Å². The zero-order chi connectivity index (χ0) is 13.8. The molecule has 6 nitrogen and oxygen atoms in total. The number of hydrogen-bond donors (Lipinski definition) is 0. The molecule has 19 heavy (non-hydrogen) atoms. The lowest BCUT2D eigenvalue weighted by Crippen LogP contribution is -2.49. The molecule has 1 aliphatic rings. The predicted octanol–water partition coefficient (Wildman–Crippen LogP) is 0.867. The Morgan fingerprint density at radius 3 is 2.32 bits per heavy atom. The number of amides is 1. The van der Waals surface area contributed by atoms with Crippen LogP contribution in [0.25, 0.3) is 0 Å². The van der Waals surface area contributed by atoms with E-state index >= 15 is 0 Å². The second-order valence-electron chi connectivity index (χ2n) is 4.45. The summed E-state index contributed by atoms with van der Waals surface area (Å²) in [4.78, 5) is 34.9. The zero-order valence-electron chi connectivity index (χ0n) is 10.7. The molecule has 0 atom stereocenters. The lowest BCUT2D eigenvalue weighted by atomic mass is 10.2. The Bertz CT molecular complexity index is 469. The van der Waals surface area contributed by atoms with E-state index in [0.717, 1.165) is 4.47 Å². The van der Waals surface area contributed by atoms with Crippen LogP contribution in [0.15, 0.2) is 16.9 Å². The van der Waals surface area contributed by atoms with Crippen molar-refractivity contribution in [3.8, 4) is 0 Å². The molecule has 2 heterocycles. The number of carbonyl (C=O) groups is 2. The van der Waals surface area contributed by atoms with Gasteiger partial charge in [0.05, 0.1) is 10.9 Å². The topological polar surface area (TPSA) is 66.4 Å². The van der Waals surface area contributed by atoms with Crippen LogP contribution in [0.1, 0.15) is 13.3 Å². The smallest absolute Gasteiger partial charge is 0.230 e. The second-order valence-corrected chi connectivity index (χ2v) is 5.36. The van der Waals surface area contributed by atoms with Gasteiger partial charge in [-0.2, -0.15) is 0 Å². The number of rotatable bonds is 3. The molecular formula is C12H15BrN4O2. The largest absolute Gasteiger partial charge is 0.339 e. The molecule has 1 fully saturated rings. The van der Waals surface area contributed by atoms with Crippen molar-refractivity contribution in [1.29, 1.82) is 0 Å². The number of hydrogen-bond acceptors (Lipinski definition) is 5. The van der Waals surface area contributed by atoms with E-state index in [1.807, 2.05) is 4.90 Å². The van der Waals surface area contributed by atoms with Crippen molar-refractivity contribution >= 4 is 33.6 Å². The highest BCUT2D eigenvalue weighted by Gasteiger charge is 2.22. The van der Waals surface area contributed by atoms with Crippen molar-refractivity contribution in [2.45, 2.75) is 13.3 Å². The molecule has 1 aliphatic heterocycles. The minimum Gasteiger partial charge on any atom is -0.339 e. The molecule has 1 aromatic rings. The predicted molar refractivity (Wildman–Crippen MR) is 73.8 cm³/mol. The first-order valence-electron chi connectivity index (χ1n) is 6.06. The highest BCUT2D eigenvalue weighted by molar-refractivity contribution is 9.10. The molecule has 1 amide bonds. The van der Waals surface area contributed by atoms with E-state index in [-0.39, 0.29) is 18.1 Å². The van der Waals surface area contributed by atoms with Crippen LogP contribution in [0.2, 0.25) is 0 Å². The van der Waals surface area contributed by atoms with Gasteiger partial charge in [0.25, 0.3) is 0 Å². The molecule has 0 N–H and O–H groups in total. The minimum atomic E-state index is -0.0938. The van der Waals surface area contributed by atoms with E-state index in [2.05, 4.69) is 25.9 Å². The van der Waals surface area contributed by atoms with Gasteiger partial charge in [-0.3, -0.25) is 9.59 Å². The Morgan fingerprint density at radius 2 is 1.79 bits per heavy atom. The average Bonchev–Trinajstić information content (AvgIpc) is 2.39. The molecule has 7 heteroatoms. The van der Waals surface area contributed by atoms with Crippen LogP contribution in [0.5, 0.6) is 0 Å². The highest BCUT2D eigenvalue weighted by Crippen LogP contribution is 2.13. The summed E-state index contributed by atoms with van der Waals surface area (Å²) in [6.07, 6.45) is 3.40. The average molecular weight is 327 g/mol. The van der Waals surface area contributed by atoms with E-state index < -0.39 is 0 Å². The SMILES string of the molecule is CC(=O)CC(=O)N1CCN(c2ncc(Br)cn2)CC1. The Morgan fingerprint density at radius 1 is 1.21 bits per heavy atom. The fourth-order valence-electron chi connectivity index (χ4n) is 1.95. The van der Waals surface area contributed by atoms with Gasteiger partial charge in [0, 0.05) is 38.6 Å². The number of anilines is 1. The maximum Gasteiger partial charge on any atom is 0.230 e. The van der Waals surface area contributed by atoms with Crippen molar-refractivity contribution in [1.82, 2.24) is 14.9 Å². The Kier molecular flexibility index (Phi) is 4.47. The second kappa shape index (κ2) is 6.10. The van der Waals surface area contributed by atoms with Crippen LogP contribution in [0.3, 0.4) is 0 Å². The lowest BCUT2D eigenvalue weighted by molar-refractivity contribution is -0.135. The van der Waals surface area contributed by atoms with E-state index in [9.17, 15) is 9.59 Å². The standard InChI is InChI=1S/C12H15BrN4O2/c1-9(18)6-11(19)16-2-4-17(5-3-16)12-14-7-10(13)8-15-12/h7-8H,2-6H2,1H3. The van der Waals surface area contributed by atoms with Crippen LogP contribution in [0.4, 0.5) is 5.95 Å². The normalized spacial score (nSPS) is 15.5. The van der Waals surface area contributed by atoms with Gasteiger partial charge in [0.1, 0.15) is 5.78 Å². The summed E-state index contributed by atoms with van der Waals surface area (Å²) < 4.78 is 0.839. The third-order valence-electron chi connectivity index (χ3n) is 2.92. The first kappa shape index (κ1) is 13.9. The van der Waals surface area contributed by atoms with Crippen molar-refractivity contribution in [3.63, 3.8) is 0 Å². The fraction of sp³-hybridized carbons (Fsp3) is 0.500. The molecule has 0 spiro atoms. The Hall–Kier alpha value is -1.50. The summed E-state index contributed by atoms with van der Waals surface area (Å²) in [7, 11) is 0. The van der Waals surface area contributed by atoms with Gasteiger partial charge in [-0.25, -0.2) is 9.97 Å². The molecule has 0 radical (unpaired) electrons. The highest BCUT2D eigenvalue weighted by atomic mass is 79.9. The third-order valence-corrected chi connectivity index (χ3v) is 3.33. The quantitative estimate of drug-likeness (QED) is 0.771. The summed E-state index contributed by atoms with van der Waals surface area (Å²) in [5.41, 5.74) is 0. The molecule has 0 saturated carbocycles. The van der Waals surface area contributed by atoms with Gasteiger partial charge >= 0.3 is 0 Å². The molecule has 2 rings (SSSR count). The Labute approximate surface area is 119 Å². The van der Waals surface area contributed by atoms with E-state index in [1.54, 1.807) is 17.3 Å². The minimum absolute atomic E-state index is 0.00517. The fourth-order valence-corrected chi connectivity index (χ4v) is 2.15. The maximum absolute atomic E-state index is 11.7.